The van der Waals surface area contributed by atoms with Gasteiger partial charge in [0.2, 0.25) is 5.91 Å². The van der Waals surface area contributed by atoms with Gasteiger partial charge in [0.25, 0.3) is 0 Å². The van der Waals surface area contributed by atoms with Gasteiger partial charge in [-0.15, -0.1) is 0 Å². The van der Waals surface area contributed by atoms with Crippen LogP contribution in [-0.4, -0.2) is 37.1 Å². The summed E-state index contributed by atoms with van der Waals surface area (Å²) >= 11 is 0. The molecule has 21 heavy (non-hydrogen) atoms. The molecule has 1 aliphatic heterocycles. The third-order valence-corrected chi connectivity index (χ3v) is 3.49. The summed E-state index contributed by atoms with van der Waals surface area (Å²) < 4.78 is 30.9. The van der Waals surface area contributed by atoms with E-state index in [9.17, 15) is 18.4 Å². The van der Waals surface area contributed by atoms with Gasteiger partial charge in [-0.1, -0.05) is 0 Å². The van der Waals surface area contributed by atoms with Gasteiger partial charge in [0.1, 0.15) is 11.6 Å². The molecule has 1 fully saturated rings. The zero-order valence-electron chi connectivity index (χ0n) is 11.6. The highest BCUT2D eigenvalue weighted by atomic mass is 19.1. The van der Waals surface area contributed by atoms with Crippen molar-refractivity contribution < 1.29 is 23.1 Å². The lowest BCUT2D eigenvalue weighted by molar-refractivity contribution is -0.121. The number of hydrogen-bond donors (Lipinski definition) is 1. The Bertz CT molecular complexity index is 543. The van der Waals surface area contributed by atoms with Crippen molar-refractivity contribution in [1.29, 1.82) is 0 Å². The van der Waals surface area contributed by atoms with E-state index in [2.05, 4.69) is 10.1 Å². The molecule has 0 unspecified atom stereocenters. The van der Waals surface area contributed by atoms with Crippen LogP contribution >= 0.6 is 0 Å². The predicted octanol–water partition coefficient (Wildman–Crippen LogP) is 2.38. The second kappa shape index (κ2) is 6.51. The van der Waals surface area contributed by atoms with E-state index >= 15 is 0 Å². The highest BCUT2D eigenvalue weighted by Crippen LogP contribution is 2.21. The van der Waals surface area contributed by atoms with Crippen LogP contribution in [0.5, 0.6) is 0 Å². The molecule has 7 heteroatoms. The minimum absolute atomic E-state index is 0.0446. The molecule has 1 saturated heterocycles. The van der Waals surface area contributed by atoms with Gasteiger partial charge in [-0.3, -0.25) is 4.79 Å². The van der Waals surface area contributed by atoms with Gasteiger partial charge in [0, 0.05) is 25.1 Å². The lowest BCUT2D eigenvalue weighted by Crippen LogP contribution is -2.41. The van der Waals surface area contributed by atoms with Gasteiger partial charge in [0.05, 0.1) is 12.8 Å². The number of ether oxygens (including phenoxy) is 1. The highest BCUT2D eigenvalue weighted by molar-refractivity contribution is 5.92. The number of piperidine rings is 1. The number of benzene rings is 1. The van der Waals surface area contributed by atoms with Crippen molar-refractivity contribution in [2.45, 2.75) is 12.8 Å². The van der Waals surface area contributed by atoms with Gasteiger partial charge in [-0.25, -0.2) is 13.6 Å². The quantitative estimate of drug-likeness (QED) is 0.912. The van der Waals surface area contributed by atoms with E-state index in [0.29, 0.717) is 25.9 Å². The number of hydrogen-bond acceptors (Lipinski definition) is 3. The average molecular weight is 298 g/mol. The molecule has 1 aromatic rings. The Morgan fingerprint density at radius 3 is 2.52 bits per heavy atom. The lowest BCUT2D eigenvalue weighted by atomic mass is 9.96. The monoisotopic (exact) mass is 298 g/mol. The molecular weight excluding hydrogens is 282 g/mol. The number of amides is 2. The number of nitrogens with zero attached hydrogens (tertiary/aromatic N) is 1. The van der Waals surface area contributed by atoms with Gasteiger partial charge >= 0.3 is 6.09 Å². The number of anilines is 1. The Labute approximate surface area is 120 Å². The number of methoxy groups -OCH3 is 1. The summed E-state index contributed by atoms with van der Waals surface area (Å²) in [7, 11) is 1.30. The summed E-state index contributed by atoms with van der Waals surface area (Å²) in [6, 6.07) is 2.99. The van der Waals surface area contributed by atoms with Crippen LogP contribution in [-0.2, 0) is 9.53 Å². The van der Waals surface area contributed by atoms with E-state index in [1.165, 1.54) is 18.1 Å². The molecule has 0 saturated carbocycles. The number of nitrogens with one attached hydrogen (secondary N) is 1. The first-order chi connectivity index (χ1) is 10.0. The molecule has 114 valence electrons. The van der Waals surface area contributed by atoms with Crippen molar-refractivity contribution >= 4 is 17.7 Å². The van der Waals surface area contributed by atoms with Crippen molar-refractivity contribution in [3.8, 4) is 0 Å². The molecule has 0 bridgehead atoms. The predicted molar refractivity (Wildman–Crippen MR) is 71.7 cm³/mol. The normalized spacial score (nSPS) is 15.7. The first kappa shape index (κ1) is 15.2. The van der Waals surface area contributed by atoms with Gasteiger partial charge in [-0.2, -0.15) is 0 Å². The van der Waals surface area contributed by atoms with Crippen molar-refractivity contribution in [2.24, 2.45) is 5.92 Å². The Morgan fingerprint density at radius 2 is 1.95 bits per heavy atom. The molecule has 1 heterocycles. The fraction of sp³-hybridized carbons (Fsp3) is 0.429. The van der Waals surface area contributed by atoms with Crippen LogP contribution < -0.4 is 5.32 Å². The Hall–Kier alpha value is -2.18. The summed E-state index contributed by atoms with van der Waals surface area (Å²) in [5.74, 6) is -2.15. The fourth-order valence-electron chi connectivity index (χ4n) is 2.28. The Balaban J connectivity index is 1.92. The summed E-state index contributed by atoms with van der Waals surface area (Å²) in [6.45, 7) is 0.827. The fourth-order valence-corrected chi connectivity index (χ4v) is 2.28. The highest BCUT2D eigenvalue weighted by Gasteiger charge is 2.28. The van der Waals surface area contributed by atoms with E-state index in [1.807, 2.05) is 0 Å². The zero-order valence-corrected chi connectivity index (χ0v) is 11.6. The van der Waals surface area contributed by atoms with Crippen molar-refractivity contribution in [1.82, 2.24) is 4.90 Å². The summed E-state index contributed by atoms with van der Waals surface area (Å²) in [5.41, 5.74) is -0.0446. The first-order valence-electron chi connectivity index (χ1n) is 6.60. The number of carbonyl (C=O) groups is 2. The van der Waals surface area contributed by atoms with Crippen molar-refractivity contribution in [2.75, 3.05) is 25.5 Å². The van der Waals surface area contributed by atoms with Crippen LogP contribution in [0.25, 0.3) is 0 Å². The third-order valence-electron chi connectivity index (χ3n) is 3.49. The van der Waals surface area contributed by atoms with Crippen LogP contribution in [0.2, 0.25) is 0 Å². The molecule has 0 aliphatic carbocycles. The van der Waals surface area contributed by atoms with Crippen LogP contribution in [0.15, 0.2) is 18.2 Å². The molecule has 2 amide bonds. The molecule has 0 radical (unpaired) electrons. The second-order valence-electron chi connectivity index (χ2n) is 4.84. The van der Waals surface area contributed by atoms with E-state index in [0.717, 1.165) is 12.1 Å². The molecule has 0 atom stereocenters. The number of likely N-dealkylation sites (tertiary alicyclic amines) is 1. The van der Waals surface area contributed by atoms with Crippen LogP contribution in [0.1, 0.15) is 12.8 Å². The molecule has 5 nitrogen and oxygen atoms in total. The molecule has 1 aromatic carbocycles. The van der Waals surface area contributed by atoms with E-state index < -0.39 is 17.7 Å². The number of carbonyl (C=O) groups excluding carboxylic acids is 2. The van der Waals surface area contributed by atoms with E-state index in [1.54, 1.807) is 0 Å². The maximum absolute atomic E-state index is 13.5. The maximum Gasteiger partial charge on any atom is 0.409 e. The molecule has 1 N–H and O–H groups in total. The molecular formula is C14H16F2N2O3. The second-order valence-corrected chi connectivity index (χ2v) is 4.84. The third kappa shape index (κ3) is 3.68. The van der Waals surface area contributed by atoms with Gasteiger partial charge in [-0.05, 0) is 25.0 Å². The number of halogens is 2. The Kier molecular flexibility index (Phi) is 4.72. The summed E-state index contributed by atoms with van der Waals surface area (Å²) in [4.78, 5) is 24.9. The molecule has 0 aromatic heterocycles. The van der Waals surface area contributed by atoms with Crippen LogP contribution in [0.3, 0.4) is 0 Å². The first-order valence-corrected chi connectivity index (χ1v) is 6.60. The maximum atomic E-state index is 13.5. The van der Waals surface area contributed by atoms with Gasteiger partial charge in [0.15, 0.2) is 0 Å². The average Bonchev–Trinajstić information content (AvgIpc) is 2.49. The SMILES string of the molecule is COC(=O)N1CCC(C(=O)Nc2ccc(F)cc2F)CC1. The molecule has 1 aliphatic rings. The van der Waals surface area contributed by atoms with E-state index in [4.69, 9.17) is 0 Å². The summed E-state index contributed by atoms with van der Waals surface area (Å²) in [5, 5.41) is 2.45. The van der Waals surface area contributed by atoms with Gasteiger partial charge < -0.3 is 15.0 Å². The van der Waals surface area contributed by atoms with Crippen molar-refractivity contribution in [3.05, 3.63) is 29.8 Å². The zero-order chi connectivity index (χ0) is 15.4. The standard InChI is InChI=1S/C14H16F2N2O3/c1-21-14(20)18-6-4-9(5-7-18)13(19)17-12-3-2-10(15)8-11(12)16/h2-3,8-9H,4-7H2,1H3,(H,17,19). The van der Waals surface area contributed by atoms with Crippen LogP contribution in [0, 0.1) is 17.6 Å². The smallest absolute Gasteiger partial charge is 0.409 e. The largest absolute Gasteiger partial charge is 0.453 e. The number of rotatable bonds is 2. The van der Waals surface area contributed by atoms with Crippen molar-refractivity contribution in [3.63, 3.8) is 0 Å². The molecule has 0 spiro atoms. The van der Waals surface area contributed by atoms with E-state index in [-0.39, 0.29) is 17.5 Å². The lowest BCUT2D eigenvalue weighted by Gasteiger charge is -2.30. The minimum Gasteiger partial charge on any atom is -0.453 e. The summed E-state index contributed by atoms with van der Waals surface area (Å²) in [6.07, 6.45) is 0.534. The molecule has 2 rings (SSSR count). The topological polar surface area (TPSA) is 58.6 Å². The van der Waals surface area contributed by atoms with Crippen LogP contribution in [0.4, 0.5) is 19.3 Å². The minimum atomic E-state index is -0.810. The Morgan fingerprint density at radius 1 is 1.29 bits per heavy atom.